The maximum Gasteiger partial charge on any atom is 0.217 e. The molecule has 35 heavy (non-hydrogen) atoms. The topological polar surface area (TPSA) is 52.6 Å². The number of carbonyl (C=O) groups is 1. The van der Waals surface area contributed by atoms with Crippen molar-refractivity contribution < 1.29 is 9.90 Å². The van der Waals surface area contributed by atoms with E-state index in [1.54, 1.807) is 19.1 Å². The number of amides is 1. The Balaban J connectivity index is 0.000000507. The van der Waals surface area contributed by atoms with Crippen LogP contribution in [0.25, 0.3) is 0 Å². The highest BCUT2D eigenvalue weighted by Gasteiger charge is 2.15. The van der Waals surface area contributed by atoms with Gasteiger partial charge in [-0.1, -0.05) is 82.4 Å². The summed E-state index contributed by atoms with van der Waals surface area (Å²) in [6, 6.07) is 8.96. The van der Waals surface area contributed by atoms with Gasteiger partial charge in [-0.2, -0.15) is 0 Å². The number of aliphatic hydroxyl groups is 1. The van der Waals surface area contributed by atoms with Crippen molar-refractivity contribution in [2.24, 2.45) is 0 Å². The lowest BCUT2D eigenvalue weighted by molar-refractivity contribution is -0.119. The monoisotopic (exact) mass is 482 g/mol. The number of nitrogens with one attached hydrogen (secondary N) is 1. The molecular weight excluding hydrogens is 432 g/mol. The van der Waals surface area contributed by atoms with Crippen LogP contribution in [0.1, 0.15) is 98.0 Å². The van der Waals surface area contributed by atoms with E-state index in [2.05, 4.69) is 68.3 Å². The maximum absolute atomic E-state index is 11.6. The molecule has 4 heteroatoms. The van der Waals surface area contributed by atoms with Crippen LogP contribution < -0.4 is 10.2 Å². The number of anilines is 1. The summed E-state index contributed by atoms with van der Waals surface area (Å²) in [6.45, 7) is 12.6. The zero-order valence-corrected chi connectivity index (χ0v) is 23.0. The van der Waals surface area contributed by atoms with Crippen LogP contribution in [0, 0.1) is 0 Å². The molecule has 1 aromatic rings. The normalized spacial score (nSPS) is 16.9. The second kappa shape index (κ2) is 18.8. The summed E-state index contributed by atoms with van der Waals surface area (Å²) in [5.41, 5.74) is 4.06. The molecule has 1 unspecified atom stereocenters. The van der Waals surface area contributed by atoms with Crippen LogP contribution in [0.2, 0.25) is 0 Å². The van der Waals surface area contributed by atoms with E-state index < -0.39 is 0 Å². The Labute approximate surface area is 215 Å². The number of nitrogens with zero attached hydrogens (tertiary/aromatic N) is 1. The third kappa shape index (κ3) is 13.9. The van der Waals surface area contributed by atoms with Crippen molar-refractivity contribution in [3.8, 4) is 0 Å². The molecule has 4 nitrogen and oxygen atoms in total. The van der Waals surface area contributed by atoms with E-state index >= 15 is 0 Å². The number of hydrogen-bond acceptors (Lipinski definition) is 3. The van der Waals surface area contributed by atoms with Gasteiger partial charge in [-0.25, -0.2) is 0 Å². The maximum atomic E-state index is 11.6. The quantitative estimate of drug-likeness (QED) is 0.221. The molecule has 1 aromatic carbocycles. The van der Waals surface area contributed by atoms with Crippen LogP contribution >= 0.6 is 0 Å². The molecule has 0 aromatic heterocycles. The van der Waals surface area contributed by atoms with Gasteiger partial charge in [0.05, 0.1) is 0 Å². The Morgan fingerprint density at radius 2 is 1.74 bits per heavy atom. The van der Waals surface area contributed by atoms with Crippen molar-refractivity contribution in [3.05, 3.63) is 65.5 Å². The number of carbonyl (C=O) groups excluding carboxylic acids is 1. The van der Waals surface area contributed by atoms with Crippen molar-refractivity contribution in [2.45, 2.75) is 105 Å². The number of allylic oxidation sites excluding steroid dienone is 5. The van der Waals surface area contributed by atoms with Gasteiger partial charge in [-0.3, -0.25) is 4.79 Å². The summed E-state index contributed by atoms with van der Waals surface area (Å²) >= 11 is 0. The highest BCUT2D eigenvalue weighted by atomic mass is 16.3. The lowest BCUT2D eigenvalue weighted by atomic mass is 9.98. The van der Waals surface area contributed by atoms with Crippen LogP contribution in [-0.4, -0.2) is 30.1 Å². The molecule has 1 aliphatic rings. The number of rotatable bonds is 13. The number of hydrogen-bond donors (Lipinski definition) is 2. The molecule has 1 amide bonds. The van der Waals surface area contributed by atoms with Gasteiger partial charge in [0.2, 0.25) is 5.91 Å². The first kappa shape index (κ1) is 30.5. The van der Waals surface area contributed by atoms with Crippen molar-refractivity contribution in [1.29, 1.82) is 0 Å². The molecule has 2 N–H and O–H groups in total. The van der Waals surface area contributed by atoms with Crippen LogP contribution in [-0.2, 0) is 11.2 Å². The first-order valence-electron chi connectivity index (χ1n) is 13.7. The smallest absolute Gasteiger partial charge is 0.217 e. The van der Waals surface area contributed by atoms with Gasteiger partial charge in [-0.15, -0.1) is 0 Å². The number of benzene rings is 1. The summed E-state index contributed by atoms with van der Waals surface area (Å²) in [5.74, 6) is 0.459. The summed E-state index contributed by atoms with van der Waals surface area (Å²) < 4.78 is 0. The Bertz CT molecular complexity index is 804. The van der Waals surface area contributed by atoms with Gasteiger partial charge in [0.25, 0.3) is 0 Å². The first-order chi connectivity index (χ1) is 16.9. The molecule has 0 heterocycles. The fourth-order valence-corrected chi connectivity index (χ4v) is 4.38. The minimum absolute atomic E-state index is 0.0805. The molecule has 0 bridgehead atoms. The fraction of sp³-hybridized carbons (Fsp3) is 0.581. The van der Waals surface area contributed by atoms with Crippen molar-refractivity contribution in [1.82, 2.24) is 5.32 Å². The standard InChI is InChI=1S/C22H38N2O.C9H12O/c1-5-8-9-10-14-21(23-19(4)25)18-20-13-11-12-15-22(20)24(16-6-2)17-7-3;1-8-4-2-6-9(10)7-3-5-8/h11-13,15,21H,5-10,14,16-18H2,1-4H3,(H,23,25);2,5-7,10H,3-4H2,1H3/b;6-2?,8-5-,9-7+. The van der Waals surface area contributed by atoms with Gasteiger partial charge in [0, 0.05) is 31.7 Å². The number of aliphatic hydroxyl groups excluding tert-OH is 1. The van der Waals surface area contributed by atoms with Gasteiger partial charge in [-0.05, 0) is 69.2 Å². The largest absolute Gasteiger partial charge is 0.508 e. The third-order valence-corrected chi connectivity index (χ3v) is 6.12. The Hall–Kier alpha value is -2.49. The Morgan fingerprint density at radius 1 is 1.03 bits per heavy atom. The number of para-hydroxylation sites is 1. The lowest BCUT2D eigenvalue weighted by Gasteiger charge is -2.28. The van der Waals surface area contributed by atoms with Gasteiger partial charge in [0.15, 0.2) is 0 Å². The van der Waals surface area contributed by atoms with Gasteiger partial charge < -0.3 is 15.3 Å². The van der Waals surface area contributed by atoms with E-state index in [0.29, 0.717) is 5.76 Å². The Morgan fingerprint density at radius 3 is 2.40 bits per heavy atom. The van der Waals surface area contributed by atoms with E-state index in [1.807, 2.05) is 6.08 Å². The zero-order chi connectivity index (χ0) is 25.9. The minimum atomic E-state index is 0.0805. The highest BCUT2D eigenvalue weighted by Crippen LogP contribution is 2.24. The molecule has 0 spiro atoms. The third-order valence-electron chi connectivity index (χ3n) is 6.12. The lowest BCUT2D eigenvalue weighted by Crippen LogP contribution is -2.35. The predicted molar refractivity (Wildman–Crippen MR) is 152 cm³/mol. The predicted octanol–water partition coefficient (Wildman–Crippen LogP) is 8.06. The molecule has 1 aliphatic carbocycles. The van der Waals surface area contributed by atoms with E-state index in [-0.39, 0.29) is 11.9 Å². The summed E-state index contributed by atoms with van der Waals surface area (Å²) in [7, 11) is 0. The van der Waals surface area contributed by atoms with Gasteiger partial charge in [0.1, 0.15) is 5.76 Å². The van der Waals surface area contributed by atoms with Crippen LogP contribution in [0.3, 0.4) is 0 Å². The highest BCUT2D eigenvalue weighted by molar-refractivity contribution is 5.73. The molecule has 0 fully saturated rings. The minimum Gasteiger partial charge on any atom is -0.508 e. The van der Waals surface area contributed by atoms with Crippen LogP contribution in [0.15, 0.2) is 59.9 Å². The first-order valence-corrected chi connectivity index (χ1v) is 13.7. The van der Waals surface area contributed by atoms with Crippen molar-refractivity contribution >= 4 is 11.6 Å². The van der Waals surface area contributed by atoms with Crippen LogP contribution in [0.4, 0.5) is 5.69 Å². The molecule has 1 atom stereocenters. The fourth-order valence-electron chi connectivity index (χ4n) is 4.38. The molecular formula is C31H50N2O2. The zero-order valence-electron chi connectivity index (χ0n) is 23.0. The van der Waals surface area contributed by atoms with E-state index in [1.165, 1.54) is 42.5 Å². The summed E-state index contributed by atoms with van der Waals surface area (Å²) in [4.78, 5) is 14.1. The molecule has 196 valence electrons. The van der Waals surface area contributed by atoms with Crippen LogP contribution in [0.5, 0.6) is 0 Å². The SMILES string of the molecule is C/C1=C/C/C=C(/O)C=CC1.CCCCCCC(Cc1ccccc1N(CCC)CCC)NC(C)=O. The second-order valence-electron chi connectivity index (χ2n) is 9.59. The molecule has 0 saturated carbocycles. The summed E-state index contributed by atoms with van der Waals surface area (Å²) in [5, 5.41) is 12.2. The van der Waals surface area contributed by atoms with Crippen molar-refractivity contribution in [2.75, 3.05) is 18.0 Å². The number of unbranched alkanes of at least 4 members (excludes halogenated alkanes) is 3. The molecule has 0 saturated heterocycles. The average Bonchev–Trinajstić information content (AvgIpc) is 2.81. The Kier molecular flexibility index (Phi) is 16.4. The average molecular weight is 483 g/mol. The van der Waals surface area contributed by atoms with Crippen molar-refractivity contribution in [3.63, 3.8) is 0 Å². The van der Waals surface area contributed by atoms with E-state index in [9.17, 15) is 4.79 Å². The summed E-state index contributed by atoms with van der Waals surface area (Å²) in [6.07, 6.45) is 18.7. The molecule has 0 radical (unpaired) electrons. The molecule has 0 aliphatic heterocycles. The van der Waals surface area contributed by atoms with E-state index in [0.717, 1.165) is 51.6 Å². The second-order valence-corrected chi connectivity index (χ2v) is 9.59. The van der Waals surface area contributed by atoms with E-state index in [4.69, 9.17) is 5.11 Å². The molecule has 2 rings (SSSR count). The van der Waals surface area contributed by atoms with Gasteiger partial charge >= 0.3 is 0 Å².